The molecule has 7 heteroatoms. The molecule has 1 saturated heterocycles. The van der Waals surface area contributed by atoms with E-state index in [4.69, 9.17) is 4.74 Å². The zero-order valence-electron chi connectivity index (χ0n) is 12.1. The van der Waals surface area contributed by atoms with Crippen LogP contribution in [-0.2, 0) is 24.3 Å². The van der Waals surface area contributed by atoms with Crippen LogP contribution in [0, 0.1) is 0 Å². The summed E-state index contributed by atoms with van der Waals surface area (Å²) < 4.78 is 30.7. The van der Waals surface area contributed by atoms with Gasteiger partial charge in [0.1, 0.15) is 5.78 Å². The van der Waals surface area contributed by atoms with Crippen molar-refractivity contribution in [2.45, 2.75) is 52.0 Å². The molecule has 0 aliphatic carbocycles. The SMILES string of the molecule is CCOC(=O)CS(=O)(=O)N1CCCCCC1CC(C)=O. The number of rotatable bonds is 6. The quantitative estimate of drug-likeness (QED) is 0.687. The molecule has 1 rings (SSSR count). The smallest absolute Gasteiger partial charge is 0.322 e. The van der Waals surface area contributed by atoms with Gasteiger partial charge in [0.25, 0.3) is 0 Å². The molecule has 0 amide bonds. The minimum atomic E-state index is -3.72. The summed E-state index contributed by atoms with van der Waals surface area (Å²) in [5, 5.41) is 0. The van der Waals surface area contributed by atoms with E-state index >= 15 is 0 Å². The van der Waals surface area contributed by atoms with Crippen LogP contribution in [-0.4, -0.2) is 49.4 Å². The van der Waals surface area contributed by atoms with Crippen LogP contribution in [0.15, 0.2) is 0 Å². The number of hydrogen-bond acceptors (Lipinski definition) is 5. The molecule has 0 bridgehead atoms. The molecule has 0 aromatic rings. The lowest BCUT2D eigenvalue weighted by Crippen LogP contribution is -2.43. The first-order valence-corrected chi connectivity index (χ1v) is 8.62. The van der Waals surface area contributed by atoms with Gasteiger partial charge in [-0.25, -0.2) is 8.42 Å². The summed E-state index contributed by atoms with van der Waals surface area (Å²) in [5.74, 6) is -1.42. The van der Waals surface area contributed by atoms with Crippen LogP contribution < -0.4 is 0 Å². The van der Waals surface area contributed by atoms with E-state index in [2.05, 4.69) is 0 Å². The van der Waals surface area contributed by atoms with E-state index < -0.39 is 21.7 Å². The number of sulfonamides is 1. The van der Waals surface area contributed by atoms with E-state index in [-0.39, 0.29) is 24.9 Å². The zero-order chi connectivity index (χ0) is 15.2. The third kappa shape index (κ3) is 5.20. The zero-order valence-corrected chi connectivity index (χ0v) is 12.9. The minimum absolute atomic E-state index is 0.0340. The molecule has 116 valence electrons. The van der Waals surface area contributed by atoms with Gasteiger partial charge in [0.05, 0.1) is 6.61 Å². The summed E-state index contributed by atoms with van der Waals surface area (Å²) in [6, 6.07) is -0.325. The Kier molecular flexibility index (Phi) is 6.61. The van der Waals surface area contributed by atoms with Crippen molar-refractivity contribution in [3.05, 3.63) is 0 Å². The predicted molar refractivity (Wildman–Crippen MR) is 74.7 cm³/mol. The van der Waals surface area contributed by atoms with E-state index in [0.29, 0.717) is 13.0 Å². The summed E-state index contributed by atoms with van der Waals surface area (Å²) in [6.45, 7) is 3.63. The molecule has 20 heavy (non-hydrogen) atoms. The van der Waals surface area contributed by atoms with Crippen molar-refractivity contribution in [1.29, 1.82) is 0 Å². The van der Waals surface area contributed by atoms with Crippen molar-refractivity contribution in [3.63, 3.8) is 0 Å². The summed E-state index contributed by atoms with van der Waals surface area (Å²) in [7, 11) is -3.72. The Balaban J connectivity index is 2.85. The molecule has 1 heterocycles. The number of ketones is 1. The molecule has 0 aromatic heterocycles. The van der Waals surface area contributed by atoms with Crippen LogP contribution in [0.25, 0.3) is 0 Å². The van der Waals surface area contributed by atoms with Gasteiger partial charge in [0.2, 0.25) is 10.0 Å². The Bertz CT molecular complexity index is 446. The molecule has 0 aromatic carbocycles. The molecule has 0 N–H and O–H groups in total. The highest BCUT2D eigenvalue weighted by Gasteiger charge is 2.33. The lowest BCUT2D eigenvalue weighted by atomic mass is 10.1. The third-order valence-electron chi connectivity index (χ3n) is 3.31. The molecule has 0 saturated carbocycles. The summed E-state index contributed by atoms with van der Waals surface area (Å²) in [6.07, 6.45) is 3.49. The monoisotopic (exact) mass is 305 g/mol. The van der Waals surface area contributed by atoms with E-state index in [1.165, 1.54) is 11.2 Å². The second kappa shape index (κ2) is 7.73. The summed E-state index contributed by atoms with van der Waals surface area (Å²) >= 11 is 0. The van der Waals surface area contributed by atoms with Crippen molar-refractivity contribution in [2.75, 3.05) is 18.9 Å². The number of ether oxygens (including phenoxy) is 1. The number of esters is 1. The van der Waals surface area contributed by atoms with Crippen LogP contribution >= 0.6 is 0 Å². The Morgan fingerprint density at radius 3 is 2.55 bits per heavy atom. The largest absolute Gasteiger partial charge is 0.465 e. The molecule has 1 aliphatic heterocycles. The van der Waals surface area contributed by atoms with Gasteiger partial charge in [-0.2, -0.15) is 4.31 Å². The maximum atomic E-state index is 12.3. The van der Waals surface area contributed by atoms with E-state index in [1.54, 1.807) is 6.92 Å². The Morgan fingerprint density at radius 2 is 1.95 bits per heavy atom. The van der Waals surface area contributed by atoms with Gasteiger partial charge in [-0.05, 0) is 26.7 Å². The van der Waals surface area contributed by atoms with Gasteiger partial charge < -0.3 is 4.74 Å². The van der Waals surface area contributed by atoms with Crippen LogP contribution in [0.3, 0.4) is 0 Å². The van der Waals surface area contributed by atoms with Crippen molar-refractivity contribution >= 4 is 21.8 Å². The van der Waals surface area contributed by atoms with Gasteiger partial charge in [0.15, 0.2) is 5.75 Å². The molecule has 0 radical (unpaired) electrons. The number of nitrogens with zero attached hydrogens (tertiary/aromatic N) is 1. The lowest BCUT2D eigenvalue weighted by molar-refractivity contribution is -0.140. The molecule has 1 unspecified atom stereocenters. The van der Waals surface area contributed by atoms with Gasteiger partial charge in [0, 0.05) is 19.0 Å². The highest BCUT2D eigenvalue weighted by atomic mass is 32.2. The molecule has 6 nitrogen and oxygen atoms in total. The number of hydrogen-bond donors (Lipinski definition) is 0. The maximum Gasteiger partial charge on any atom is 0.322 e. The molecular formula is C13H23NO5S. The van der Waals surface area contributed by atoms with Crippen LogP contribution in [0.2, 0.25) is 0 Å². The van der Waals surface area contributed by atoms with Crippen molar-refractivity contribution in [3.8, 4) is 0 Å². The van der Waals surface area contributed by atoms with Gasteiger partial charge >= 0.3 is 5.97 Å². The fourth-order valence-electron chi connectivity index (χ4n) is 2.49. The number of Topliss-reactive ketones (excluding diaryl/α,β-unsaturated/α-hetero) is 1. The van der Waals surface area contributed by atoms with E-state index in [0.717, 1.165) is 19.3 Å². The molecule has 0 spiro atoms. The average Bonchev–Trinajstić information content (AvgIpc) is 2.53. The second-order valence-electron chi connectivity index (χ2n) is 5.08. The van der Waals surface area contributed by atoms with Crippen LogP contribution in [0.4, 0.5) is 0 Å². The number of carbonyl (C=O) groups excluding carboxylic acids is 2. The second-order valence-corrected chi connectivity index (χ2v) is 7.00. The number of carbonyl (C=O) groups is 2. The van der Waals surface area contributed by atoms with Crippen molar-refractivity contribution < 1.29 is 22.7 Å². The fourth-order valence-corrected chi connectivity index (χ4v) is 4.08. The highest BCUT2D eigenvalue weighted by molar-refractivity contribution is 7.89. The van der Waals surface area contributed by atoms with E-state index in [9.17, 15) is 18.0 Å². The standard InChI is InChI=1S/C13H23NO5S/c1-3-19-13(16)10-20(17,18)14-8-6-4-5-7-12(14)9-11(2)15/h12H,3-10H2,1-2H3. The Morgan fingerprint density at radius 1 is 1.25 bits per heavy atom. The minimum Gasteiger partial charge on any atom is -0.465 e. The molecule has 1 aliphatic rings. The Labute approximate surface area is 120 Å². The first kappa shape index (κ1) is 17.1. The molecule has 1 fully saturated rings. The first-order valence-electron chi connectivity index (χ1n) is 7.01. The highest BCUT2D eigenvalue weighted by Crippen LogP contribution is 2.23. The lowest BCUT2D eigenvalue weighted by Gasteiger charge is -2.28. The van der Waals surface area contributed by atoms with Crippen LogP contribution in [0.1, 0.15) is 46.0 Å². The van der Waals surface area contributed by atoms with E-state index in [1.807, 2.05) is 0 Å². The fraction of sp³-hybridized carbons (Fsp3) is 0.846. The van der Waals surface area contributed by atoms with Gasteiger partial charge in [-0.15, -0.1) is 0 Å². The molecule has 1 atom stereocenters. The normalized spacial score (nSPS) is 21.2. The van der Waals surface area contributed by atoms with Gasteiger partial charge in [-0.3, -0.25) is 9.59 Å². The predicted octanol–water partition coefficient (Wildman–Crippen LogP) is 1.10. The van der Waals surface area contributed by atoms with Crippen LogP contribution in [0.5, 0.6) is 0 Å². The van der Waals surface area contributed by atoms with Gasteiger partial charge in [-0.1, -0.05) is 12.8 Å². The van der Waals surface area contributed by atoms with Crippen molar-refractivity contribution in [2.24, 2.45) is 0 Å². The Hall–Kier alpha value is -0.950. The topological polar surface area (TPSA) is 80.8 Å². The summed E-state index contributed by atoms with van der Waals surface area (Å²) in [5.41, 5.74) is 0. The third-order valence-corrected chi connectivity index (χ3v) is 5.10. The first-order chi connectivity index (χ1) is 9.36. The molecular weight excluding hydrogens is 282 g/mol. The average molecular weight is 305 g/mol. The van der Waals surface area contributed by atoms with Crippen molar-refractivity contribution in [1.82, 2.24) is 4.31 Å². The summed E-state index contributed by atoms with van der Waals surface area (Å²) in [4.78, 5) is 22.7. The maximum absolute atomic E-state index is 12.3.